The van der Waals surface area contributed by atoms with Crippen LogP contribution in [0.1, 0.15) is 10.4 Å². The Morgan fingerprint density at radius 1 is 0.576 bits per heavy atom. The number of hydrogen-bond donors (Lipinski definition) is 0. The van der Waals surface area contributed by atoms with Crippen LogP contribution in [-0.4, -0.2) is 105 Å². The van der Waals surface area contributed by atoms with Gasteiger partial charge in [0.15, 0.2) is 0 Å². The maximum absolute atomic E-state index is 10.6. The van der Waals surface area contributed by atoms with Gasteiger partial charge in [0, 0.05) is 5.56 Å². The lowest BCUT2D eigenvalue weighted by atomic mass is 10.2. The van der Waals surface area contributed by atoms with Crippen LogP contribution >= 0.6 is 0 Å². The first-order chi connectivity index (χ1) is 16.4. The summed E-state index contributed by atoms with van der Waals surface area (Å²) in [5, 5.41) is 0. The third-order valence-electron chi connectivity index (χ3n) is 3.93. The monoisotopic (exact) mass is 468 g/mol. The van der Waals surface area contributed by atoms with Gasteiger partial charge in [-0.15, -0.1) is 6.42 Å². The van der Waals surface area contributed by atoms with Gasteiger partial charge in [-0.05, 0) is 24.3 Å². The van der Waals surface area contributed by atoms with Crippen molar-refractivity contribution in [2.75, 3.05) is 99.1 Å². The zero-order valence-electron chi connectivity index (χ0n) is 19.2. The van der Waals surface area contributed by atoms with E-state index in [1.807, 2.05) is 0 Å². The highest BCUT2D eigenvalue weighted by Crippen LogP contribution is 2.10. The van der Waals surface area contributed by atoms with Crippen molar-refractivity contribution < 1.29 is 42.7 Å². The highest BCUT2D eigenvalue weighted by Gasteiger charge is 1.96. The van der Waals surface area contributed by atoms with Gasteiger partial charge in [0.2, 0.25) is 0 Å². The van der Waals surface area contributed by atoms with Crippen molar-refractivity contribution in [1.29, 1.82) is 0 Å². The fourth-order valence-electron chi connectivity index (χ4n) is 2.31. The van der Waals surface area contributed by atoms with E-state index < -0.39 is 0 Å². The molecule has 0 unspecified atom stereocenters. The first kappa shape index (κ1) is 29.0. The first-order valence-corrected chi connectivity index (χ1v) is 11.0. The van der Waals surface area contributed by atoms with Crippen molar-refractivity contribution in [2.24, 2.45) is 0 Å². The summed E-state index contributed by atoms with van der Waals surface area (Å²) in [5.41, 5.74) is 0.620. The van der Waals surface area contributed by atoms with Crippen molar-refractivity contribution in [3.63, 3.8) is 0 Å². The summed E-state index contributed by atoms with van der Waals surface area (Å²) in [7, 11) is 0. The van der Waals surface area contributed by atoms with Crippen molar-refractivity contribution in [2.45, 2.75) is 0 Å². The molecule has 186 valence electrons. The molecule has 1 aromatic rings. The zero-order valence-corrected chi connectivity index (χ0v) is 19.2. The maximum atomic E-state index is 10.6. The first-order valence-electron chi connectivity index (χ1n) is 11.0. The molecule has 9 nitrogen and oxygen atoms in total. The van der Waals surface area contributed by atoms with E-state index in [1.165, 1.54) is 0 Å². The second-order valence-electron chi connectivity index (χ2n) is 6.47. The summed E-state index contributed by atoms with van der Waals surface area (Å²) in [4.78, 5) is 10.6. The van der Waals surface area contributed by atoms with Crippen molar-refractivity contribution in [1.82, 2.24) is 0 Å². The zero-order chi connectivity index (χ0) is 23.7. The van der Waals surface area contributed by atoms with Crippen molar-refractivity contribution in [3.8, 4) is 18.1 Å². The number of ether oxygens (including phenoxy) is 8. The summed E-state index contributed by atoms with van der Waals surface area (Å²) in [6, 6.07) is 6.93. The summed E-state index contributed by atoms with van der Waals surface area (Å²) < 4.78 is 43.0. The fraction of sp³-hybridized carbons (Fsp3) is 0.625. The molecule has 0 heterocycles. The Kier molecular flexibility index (Phi) is 20.3. The van der Waals surface area contributed by atoms with Gasteiger partial charge in [0.1, 0.15) is 25.2 Å². The lowest BCUT2D eigenvalue weighted by Crippen LogP contribution is -2.15. The third-order valence-corrected chi connectivity index (χ3v) is 3.93. The van der Waals surface area contributed by atoms with E-state index in [2.05, 4.69) is 5.92 Å². The highest BCUT2D eigenvalue weighted by molar-refractivity contribution is 5.74. The fourth-order valence-corrected chi connectivity index (χ4v) is 2.31. The van der Waals surface area contributed by atoms with E-state index in [0.29, 0.717) is 110 Å². The van der Waals surface area contributed by atoms with Crippen molar-refractivity contribution >= 4 is 6.29 Å². The van der Waals surface area contributed by atoms with Crippen LogP contribution in [0.4, 0.5) is 0 Å². The molecule has 1 rings (SSSR count). The number of terminal acetylenes is 1. The lowest BCUT2D eigenvalue weighted by molar-refractivity contribution is -0.0204. The van der Waals surface area contributed by atoms with Crippen LogP contribution in [0.15, 0.2) is 24.3 Å². The highest BCUT2D eigenvalue weighted by atomic mass is 16.6. The van der Waals surface area contributed by atoms with Crippen LogP contribution in [-0.2, 0) is 33.2 Å². The third kappa shape index (κ3) is 19.2. The topological polar surface area (TPSA) is 90.9 Å². The van der Waals surface area contributed by atoms with Gasteiger partial charge in [-0.1, -0.05) is 5.92 Å². The van der Waals surface area contributed by atoms with Crippen LogP contribution in [0.25, 0.3) is 0 Å². The molecule has 0 bridgehead atoms. The Labute approximate surface area is 196 Å². The molecule has 33 heavy (non-hydrogen) atoms. The molecular formula is C24H36O9. The minimum Gasteiger partial charge on any atom is -0.491 e. The second-order valence-corrected chi connectivity index (χ2v) is 6.47. The Bertz CT molecular complexity index is 601. The van der Waals surface area contributed by atoms with Crippen LogP contribution in [0.5, 0.6) is 5.75 Å². The molecule has 0 aromatic heterocycles. The number of rotatable bonds is 24. The largest absolute Gasteiger partial charge is 0.491 e. The van der Waals surface area contributed by atoms with E-state index in [4.69, 9.17) is 44.3 Å². The van der Waals surface area contributed by atoms with E-state index in [9.17, 15) is 4.79 Å². The number of hydrogen-bond acceptors (Lipinski definition) is 9. The molecule has 0 aliphatic rings. The van der Waals surface area contributed by atoms with Gasteiger partial charge in [-0.3, -0.25) is 4.79 Å². The van der Waals surface area contributed by atoms with Gasteiger partial charge in [0.25, 0.3) is 0 Å². The minimum atomic E-state index is 0.308. The van der Waals surface area contributed by atoms with E-state index in [0.717, 1.165) is 6.29 Å². The molecule has 0 N–H and O–H groups in total. The molecular weight excluding hydrogens is 432 g/mol. The maximum Gasteiger partial charge on any atom is 0.150 e. The van der Waals surface area contributed by atoms with Crippen LogP contribution in [0, 0.1) is 12.3 Å². The summed E-state index contributed by atoms with van der Waals surface area (Å²) in [6.45, 7) is 7.24. The molecule has 0 aliphatic heterocycles. The van der Waals surface area contributed by atoms with Gasteiger partial charge >= 0.3 is 0 Å². The molecule has 9 heteroatoms. The Morgan fingerprint density at radius 3 is 1.30 bits per heavy atom. The Hall–Kier alpha value is -2.03. The van der Waals surface area contributed by atoms with Crippen LogP contribution in [0.2, 0.25) is 0 Å². The van der Waals surface area contributed by atoms with E-state index in [-0.39, 0.29) is 0 Å². The summed E-state index contributed by atoms with van der Waals surface area (Å²) in [6.07, 6.45) is 5.86. The predicted octanol–water partition coefficient (Wildman–Crippen LogP) is 1.63. The molecule has 0 aliphatic carbocycles. The molecule has 1 aromatic carbocycles. The van der Waals surface area contributed by atoms with E-state index in [1.54, 1.807) is 24.3 Å². The van der Waals surface area contributed by atoms with Gasteiger partial charge in [-0.2, -0.15) is 0 Å². The molecule has 0 saturated carbocycles. The molecule has 0 amide bonds. The molecule has 0 radical (unpaired) electrons. The van der Waals surface area contributed by atoms with Crippen molar-refractivity contribution in [3.05, 3.63) is 29.8 Å². The molecule has 0 spiro atoms. The van der Waals surface area contributed by atoms with E-state index >= 15 is 0 Å². The average molecular weight is 469 g/mol. The summed E-state index contributed by atoms with van der Waals surface area (Å²) in [5.74, 6) is 3.10. The quantitative estimate of drug-likeness (QED) is 0.128. The smallest absolute Gasteiger partial charge is 0.150 e. The van der Waals surface area contributed by atoms with Gasteiger partial charge in [0.05, 0.1) is 85.9 Å². The standard InChI is InChI=1S/C24H36O9/c1-2-7-26-8-9-27-10-11-28-12-13-29-14-15-30-16-17-31-18-19-32-20-21-33-24-5-3-23(22-25)4-6-24/h1,3-6,22H,7-21H2. The Morgan fingerprint density at radius 2 is 0.939 bits per heavy atom. The lowest BCUT2D eigenvalue weighted by Gasteiger charge is -2.09. The molecule has 0 saturated heterocycles. The second kappa shape index (κ2) is 23.1. The van der Waals surface area contributed by atoms with Crippen LogP contribution in [0.3, 0.4) is 0 Å². The average Bonchev–Trinajstić information content (AvgIpc) is 2.85. The van der Waals surface area contributed by atoms with Gasteiger partial charge in [-0.25, -0.2) is 0 Å². The minimum absolute atomic E-state index is 0.308. The van der Waals surface area contributed by atoms with Gasteiger partial charge < -0.3 is 37.9 Å². The predicted molar refractivity (Wildman–Crippen MR) is 122 cm³/mol. The number of benzene rings is 1. The number of aldehydes is 1. The number of carbonyl (C=O) groups excluding carboxylic acids is 1. The summed E-state index contributed by atoms with van der Waals surface area (Å²) >= 11 is 0. The van der Waals surface area contributed by atoms with Crippen LogP contribution < -0.4 is 4.74 Å². The molecule has 0 atom stereocenters. The Balaban J connectivity index is 1.70. The number of carbonyl (C=O) groups is 1. The SMILES string of the molecule is C#CCOCCOCCOCCOCCOCCOCCOCCOc1ccc(C=O)cc1. The normalized spacial score (nSPS) is 10.8. The molecule has 0 fully saturated rings.